The molecule has 3 nitrogen and oxygen atoms in total. The second kappa shape index (κ2) is 7.94. The lowest BCUT2D eigenvalue weighted by atomic mass is 9.46. The van der Waals surface area contributed by atoms with Crippen molar-refractivity contribution < 1.29 is 4.79 Å². The van der Waals surface area contributed by atoms with Gasteiger partial charge in [0.15, 0.2) is 0 Å². The van der Waals surface area contributed by atoms with Gasteiger partial charge in [0.1, 0.15) is 11.3 Å². The zero-order valence-corrected chi connectivity index (χ0v) is 16.8. The van der Waals surface area contributed by atoms with Crippen molar-refractivity contribution in [2.45, 2.75) is 96.4 Å². The number of Topliss-reactive ketones (excluding diaryl/α,β-unsaturated/α-hetero) is 1. The van der Waals surface area contributed by atoms with Gasteiger partial charge in [-0.25, -0.2) is 0 Å². The normalized spacial score (nSPS) is 42.4. The number of allylic oxidation sites excluding steroid dienone is 1. The lowest BCUT2D eigenvalue weighted by Gasteiger charge is -2.59. The lowest BCUT2D eigenvalue weighted by molar-refractivity contribution is -0.121. The van der Waals surface area contributed by atoms with Gasteiger partial charge in [-0.15, -0.1) is 6.58 Å². The molecule has 0 bridgehead atoms. The van der Waals surface area contributed by atoms with E-state index in [9.17, 15) is 9.70 Å². The number of hydrogen-bond acceptors (Lipinski definition) is 3. The molecule has 0 spiro atoms. The number of rotatable bonds is 7. The molecular formula is C23H37NO2. The monoisotopic (exact) mass is 359 g/mol. The first kappa shape index (κ1) is 19.8. The summed E-state index contributed by atoms with van der Waals surface area (Å²) in [4.78, 5) is 24.0. The highest BCUT2D eigenvalue weighted by Gasteiger charge is 2.56. The Morgan fingerprint density at radius 1 is 1.12 bits per heavy atom. The van der Waals surface area contributed by atoms with Crippen molar-refractivity contribution in [2.75, 3.05) is 0 Å². The molecule has 0 aromatic carbocycles. The van der Waals surface area contributed by atoms with Crippen LogP contribution < -0.4 is 0 Å². The summed E-state index contributed by atoms with van der Waals surface area (Å²) in [6.07, 6.45) is 14.7. The smallest absolute Gasteiger partial charge is 0.133 e. The summed E-state index contributed by atoms with van der Waals surface area (Å²) in [5.74, 6) is 2.78. The van der Waals surface area contributed by atoms with E-state index >= 15 is 0 Å². The summed E-state index contributed by atoms with van der Waals surface area (Å²) in [6, 6.07) is 0. The fraction of sp³-hybridized carbons (Fsp3) is 0.870. The summed E-state index contributed by atoms with van der Waals surface area (Å²) < 4.78 is 0. The average Bonchev–Trinajstić information content (AvgIpc) is 2.64. The van der Waals surface area contributed by atoms with Crippen LogP contribution in [0.5, 0.6) is 0 Å². The van der Waals surface area contributed by atoms with Gasteiger partial charge in [-0.2, -0.15) is 4.91 Å². The number of hydrogen-bond donors (Lipinski definition) is 0. The molecular weight excluding hydrogens is 322 g/mol. The van der Waals surface area contributed by atoms with Gasteiger partial charge in [-0.1, -0.05) is 31.0 Å². The Morgan fingerprint density at radius 3 is 2.65 bits per heavy atom. The van der Waals surface area contributed by atoms with E-state index in [0.717, 1.165) is 37.5 Å². The third-order valence-electron chi connectivity index (χ3n) is 8.51. The minimum absolute atomic E-state index is 0.283. The minimum Gasteiger partial charge on any atom is -0.300 e. The van der Waals surface area contributed by atoms with E-state index in [1.807, 2.05) is 6.08 Å². The van der Waals surface area contributed by atoms with E-state index in [1.165, 1.54) is 38.5 Å². The van der Waals surface area contributed by atoms with Crippen molar-refractivity contribution in [3.63, 3.8) is 0 Å². The number of ketones is 1. The number of carbonyl (C=O) groups is 1. The summed E-state index contributed by atoms with van der Waals surface area (Å²) in [5.41, 5.74) is -0.0196. The Kier molecular flexibility index (Phi) is 6.04. The summed E-state index contributed by atoms with van der Waals surface area (Å²) >= 11 is 0. The maximum atomic E-state index is 12.2. The van der Waals surface area contributed by atoms with Crippen molar-refractivity contribution >= 4 is 5.78 Å². The zero-order valence-electron chi connectivity index (χ0n) is 16.8. The molecule has 3 aliphatic rings. The van der Waals surface area contributed by atoms with Gasteiger partial charge in [0.2, 0.25) is 0 Å². The van der Waals surface area contributed by atoms with Gasteiger partial charge >= 0.3 is 0 Å². The Morgan fingerprint density at radius 2 is 1.92 bits per heavy atom. The van der Waals surface area contributed by atoms with E-state index in [4.69, 9.17) is 0 Å². The summed E-state index contributed by atoms with van der Waals surface area (Å²) in [6.45, 7) is 8.31. The molecule has 0 aromatic rings. The zero-order chi connectivity index (χ0) is 18.8. The fourth-order valence-electron chi connectivity index (χ4n) is 6.94. The van der Waals surface area contributed by atoms with Crippen LogP contribution in [0, 0.1) is 34.0 Å². The first-order chi connectivity index (χ1) is 12.4. The molecule has 0 aromatic heterocycles. The fourth-order valence-corrected chi connectivity index (χ4v) is 6.94. The third-order valence-corrected chi connectivity index (χ3v) is 8.51. The van der Waals surface area contributed by atoms with E-state index in [0.29, 0.717) is 30.0 Å². The number of fused-ring (bicyclic) bond motifs is 3. The van der Waals surface area contributed by atoms with Crippen LogP contribution in [0.2, 0.25) is 0 Å². The van der Waals surface area contributed by atoms with Gasteiger partial charge in [-0.05, 0) is 87.4 Å². The Labute approximate surface area is 159 Å². The molecule has 0 amide bonds. The lowest BCUT2D eigenvalue weighted by Crippen LogP contribution is -2.54. The molecule has 3 rings (SSSR count). The second-order valence-corrected chi connectivity index (χ2v) is 9.79. The topological polar surface area (TPSA) is 46.5 Å². The predicted octanol–water partition coefficient (Wildman–Crippen LogP) is 6.46. The Bertz CT molecular complexity index is 544. The first-order valence-electron chi connectivity index (χ1n) is 10.9. The second-order valence-electron chi connectivity index (χ2n) is 9.79. The van der Waals surface area contributed by atoms with Crippen molar-refractivity contribution in [3.05, 3.63) is 17.6 Å². The van der Waals surface area contributed by atoms with E-state index in [-0.39, 0.29) is 5.92 Å². The number of nitrogens with zero attached hydrogens (tertiary/aromatic N) is 1. The van der Waals surface area contributed by atoms with Crippen LogP contribution in [-0.4, -0.2) is 11.3 Å². The quantitative estimate of drug-likeness (QED) is 0.387. The molecule has 3 saturated carbocycles. The molecule has 0 aliphatic heterocycles. The van der Waals surface area contributed by atoms with E-state index in [1.54, 1.807) is 0 Å². The molecule has 3 heteroatoms. The molecule has 3 fully saturated rings. The summed E-state index contributed by atoms with van der Waals surface area (Å²) in [5, 5.41) is 3.64. The van der Waals surface area contributed by atoms with Gasteiger partial charge in [0.05, 0.1) is 0 Å². The van der Waals surface area contributed by atoms with Crippen LogP contribution in [0.4, 0.5) is 0 Å². The van der Waals surface area contributed by atoms with Crippen molar-refractivity contribution in [1.29, 1.82) is 0 Å². The molecule has 0 N–H and O–H groups in total. The predicted molar refractivity (Wildman–Crippen MR) is 107 cm³/mol. The average molecular weight is 360 g/mol. The molecule has 3 aliphatic carbocycles. The highest BCUT2D eigenvalue weighted by Crippen LogP contribution is 2.62. The van der Waals surface area contributed by atoms with E-state index < -0.39 is 5.54 Å². The van der Waals surface area contributed by atoms with Gasteiger partial charge in [0.25, 0.3) is 0 Å². The van der Waals surface area contributed by atoms with Crippen molar-refractivity contribution in [2.24, 2.45) is 34.3 Å². The highest BCUT2D eigenvalue weighted by molar-refractivity contribution is 5.78. The van der Waals surface area contributed by atoms with E-state index in [2.05, 4.69) is 25.6 Å². The van der Waals surface area contributed by atoms with Crippen LogP contribution in [-0.2, 0) is 4.79 Å². The maximum Gasteiger partial charge on any atom is 0.133 e. The molecule has 146 valence electrons. The van der Waals surface area contributed by atoms with Crippen molar-refractivity contribution in [3.8, 4) is 0 Å². The minimum atomic E-state index is -0.474. The largest absolute Gasteiger partial charge is 0.300 e. The SMILES string of the molecule is C=CCCC(=O)CCC1[C@@H]2CC[C@H]3CCCC[C@]3(C)[C@H]2CCC1(C)N=O. The standard InChI is InChI=1S/C23H37NO2/c1-4-5-9-18(25)11-13-21-19-12-10-17-8-6-7-15-22(17,2)20(19)14-16-23(21,3)24-26/h4,17,19-21H,1,5-16H2,2-3H3/t17-,19-,20+,21?,22+,23?/m1/s1. The summed E-state index contributed by atoms with van der Waals surface area (Å²) in [7, 11) is 0. The molecule has 26 heavy (non-hydrogen) atoms. The van der Waals surface area contributed by atoms with Crippen molar-refractivity contribution in [1.82, 2.24) is 0 Å². The Balaban J connectivity index is 1.77. The Hall–Kier alpha value is -0.990. The molecule has 0 heterocycles. The maximum absolute atomic E-state index is 12.2. The van der Waals surface area contributed by atoms with Gasteiger partial charge in [0, 0.05) is 12.8 Å². The molecule has 0 radical (unpaired) electrons. The van der Waals surface area contributed by atoms with Crippen LogP contribution in [0.3, 0.4) is 0 Å². The molecule has 6 atom stereocenters. The highest BCUT2D eigenvalue weighted by atomic mass is 16.3. The van der Waals surface area contributed by atoms with Gasteiger partial charge in [-0.3, -0.25) is 4.79 Å². The van der Waals surface area contributed by atoms with Gasteiger partial charge < -0.3 is 0 Å². The van der Waals surface area contributed by atoms with Crippen LogP contribution in [0.1, 0.15) is 90.9 Å². The van der Waals surface area contributed by atoms with Crippen LogP contribution in [0.25, 0.3) is 0 Å². The molecule has 2 unspecified atom stereocenters. The van der Waals surface area contributed by atoms with Crippen LogP contribution in [0.15, 0.2) is 17.8 Å². The number of nitroso groups, excluding NO2 is 1. The first-order valence-corrected chi connectivity index (χ1v) is 10.9. The number of carbonyl (C=O) groups excluding carboxylic acids is 1. The third kappa shape index (κ3) is 3.55. The van der Waals surface area contributed by atoms with Crippen LogP contribution >= 0.6 is 0 Å². The molecule has 0 saturated heterocycles.